The summed E-state index contributed by atoms with van der Waals surface area (Å²) in [6.07, 6.45) is 6.12. The van der Waals surface area contributed by atoms with Gasteiger partial charge in [0.25, 0.3) is 0 Å². The van der Waals surface area contributed by atoms with Gasteiger partial charge >= 0.3 is 0 Å². The van der Waals surface area contributed by atoms with Crippen LogP contribution in [0.3, 0.4) is 0 Å². The van der Waals surface area contributed by atoms with Crippen molar-refractivity contribution in [3.8, 4) is 0 Å². The van der Waals surface area contributed by atoms with Crippen molar-refractivity contribution in [1.82, 2.24) is 9.97 Å². The molecule has 2 aromatic heterocycles. The summed E-state index contributed by atoms with van der Waals surface area (Å²) in [5, 5.41) is 0.677. The van der Waals surface area contributed by atoms with Crippen molar-refractivity contribution in [1.29, 1.82) is 0 Å². The second-order valence-corrected chi connectivity index (χ2v) is 4.23. The van der Waals surface area contributed by atoms with Crippen molar-refractivity contribution in [3.05, 3.63) is 53.6 Å². The second kappa shape index (κ2) is 5.64. The molecule has 0 N–H and O–H groups in total. The van der Waals surface area contributed by atoms with Crippen LogP contribution in [-0.4, -0.2) is 23.6 Å². The van der Waals surface area contributed by atoms with E-state index in [0.29, 0.717) is 5.02 Å². The van der Waals surface area contributed by atoms with Crippen molar-refractivity contribution in [2.24, 2.45) is 0 Å². The van der Waals surface area contributed by atoms with Crippen LogP contribution in [0.15, 0.2) is 42.9 Å². The minimum atomic E-state index is 0.677. The monoisotopic (exact) mass is 247 g/mol. The second-order valence-electron chi connectivity index (χ2n) is 3.82. The van der Waals surface area contributed by atoms with Crippen molar-refractivity contribution in [3.63, 3.8) is 0 Å². The zero-order chi connectivity index (χ0) is 12.1. The highest BCUT2D eigenvalue weighted by Crippen LogP contribution is 2.22. The summed E-state index contributed by atoms with van der Waals surface area (Å²) >= 11 is 6.08. The minimum Gasteiger partial charge on any atom is -0.373 e. The van der Waals surface area contributed by atoms with Crippen LogP contribution in [0.5, 0.6) is 0 Å². The summed E-state index contributed by atoms with van der Waals surface area (Å²) in [6.45, 7) is 0.876. The molecule has 0 radical (unpaired) electrons. The Kier molecular flexibility index (Phi) is 3.94. The number of aromatic nitrogens is 2. The minimum absolute atomic E-state index is 0.677. The van der Waals surface area contributed by atoms with Crippen LogP contribution >= 0.6 is 11.6 Å². The first-order valence-electron chi connectivity index (χ1n) is 5.48. The zero-order valence-electron chi connectivity index (χ0n) is 9.68. The van der Waals surface area contributed by atoms with E-state index in [1.54, 1.807) is 12.4 Å². The van der Waals surface area contributed by atoms with Gasteiger partial charge in [0.2, 0.25) is 0 Å². The van der Waals surface area contributed by atoms with Crippen LogP contribution in [0.2, 0.25) is 5.02 Å². The molecule has 17 heavy (non-hydrogen) atoms. The maximum absolute atomic E-state index is 6.08. The van der Waals surface area contributed by atoms with Crippen LogP contribution in [0.25, 0.3) is 0 Å². The third-order valence-corrected chi connectivity index (χ3v) is 2.88. The van der Waals surface area contributed by atoms with Crippen LogP contribution in [0.4, 0.5) is 5.69 Å². The van der Waals surface area contributed by atoms with Crippen LogP contribution in [-0.2, 0) is 6.42 Å². The van der Waals surface area contributed by atoms with Crippen molar-refractivity contribution in [2.45, 2.75) is 6.42 Å². The summed E-state index contributed by atoms with van der Waals surface area (Å²) in [5.41, 5.74) is 2.09. The standard InChI is InChI=1S/C13H14ClN3/c1-17(13-5-8-15-10-12(13)14)9-6-11-4-2-3-7-16-11/h2-5,7-8,10H,6,9H2,1H3. The highest BCUT2D eigenvalue weighted by molar-refractivity contribution is 6.33. The van der Waals surface area contributed by atoms with E-state index in [1.807, 2.05) is 37.5 Å². The molecule has 0 aliphatic rings. The van der Waals surface area contributed by atoms with E-state index in [2.05, 4.69) is 14.9 Å². The van der Waals surface area contributed by atoms with Crippen molar-refractivity contribution >= 4 is 17.3 Å². The molecule has 0 amide bonds. The Hall–Kier alpha value is -1.61. The number of hydrogen-bond acceptors (Lipinski definition) is 3. The summed E-state index contributed by atoms with van der Waals surface area (Å²) in [4.78, 5) is 10.4. The molecule has 88 valence electrons. The van der Waals surface area contributed by atoms with Gasteiger partial charge in [-0.15, -0.1) is 0 Å². The summed E-state index contributed by atoms with van der Waals surface area (Å²) < 4.78 is 0. The van der Waals surface area contributed by atoms with Crippen LogP contribution < -0.4 is 4.90 Å². The van der Waals surface area contributed by atoms with E-state index < -0.39 is 0 Å². The van der Waals surface area contributed by atoms with E-state index in [0.717, 1.165) is 24.3 Å². The molecule has 0 bridgehead atoms. The van der Waals surface area contributed by atoms with Crippen molar-refractivity contribution in [2.75, 3.05) is 18.5 Å². The normalized spacial score (nSPS) is 10.2. The topological polar surface area (TPSA) is 29.0 Å². The maximum Gasteiger partial charge on any atom is 0.0822 e. The average Bonchev–Trinajstić information content (AvgIpc) is 2.38. The number of hydrogen-bond donors (Lipinski definition) is 0. The Labute approximate surface area is 106 Å². The van der Waals surface area contributed by atoms with Gasteiger partial charge < -0.3 is 4.90 Å². The van der Waals surface area contributed by atoms with Crippen LogP contribution in [0.1, 0.15) is 5.69 Å². The number of halogens is 1. The lowest BCUT2D eigenvalue weighted by atomic mass is 10.2. The fourth-order valence-corrected chi connectivity index (χ4v) is 1.89. The molecule has 0 spiro atoms. The van der Waals surface area contributed by atoms with Gasteiger partial charge in [0.1, 0.15) is 0 Å². The van der Waals surface area contributed by atoms with Gasteiger partial charge in [0, 0.05) is 44.3 Å². The smallest absolute Gasteiger partial charge is 0.0822 e. The first kappa shape index (κ1) is 11.9. The van der Waals surface area contributed by atoms with Gasteiger partial charge in [0.05, 0.1) is 10.7 Å². The number of nitrogens with zero attached hydrogens (tertiary/aromatic N) is 3. The molecule has 0 unspecified atom stereocenters. The Bertz CT molecular complexity index is 473. The molecule has 2 aromatic rings. The maximum atomic E-state index is 6.08. The lowest BCUT2D eigenvalue weighted by Gasteiger charge is -2.19. The third-order valence-electron chi connectivity index (χ3n) is 2.59. The molecule has 0 fully saturated rings. The number of likely N-dealkylation sites (N-methyl/N-ethyl adjacent to an activating group) is 1. The lowest BCUT2D eigenvalue weighted by Crippen LogP contribution is -2.20. The molecule has 0 aliphatic carbocycles. The fourth-order valence-electron chi connectivity index (χ4n) is 1.63. The van der Waals surface area contributed by atoms with E-state index in [1.165, 1.54) is 0 Å². The summed E-state index contributed by atoms with van der Waals surface area (Å²) in [5.74, 6) is 0. The predicted molar refractivity (Wildman–Crippen MR) is 70.5 cm³/mol. The van der Waals surface area contributed by atoms with Gasteiger partial charge in [-0.05, 0) is 18.2 Å². The van der Waals surface area contributed by atoms with Gasteiger partial charge in [-0.2, -0.15) is 0 Å². The molecular formula is C13H14ClN3. The van der Waals surface area contributed by atoms with E-state index in [9.17, 15) is 0 Å². The largest absolute Gasteiger partial charge is 0.373 e. The number of anilines is 1. The molecule has 0 atom stereocenters. The number of pyridine rings is 2. The molecule has 2 heterocycles. The fraction of sp³-hybridized carbons (Fsp3) is 0.231. The molecule has 0 saturated carbocycles. The van der Waals surface area contributed by atoms with Gasteiger partial charge in [-0.3, -0.25) is 9.97 Å². The molecule has 0 saturated heterocycles. The molecule has 0 aliphatic heterocycles. The Morgan fingerprint density at radius 2 is 2.12 bits per heavy atom. The average molecular weight is 248 g/mol. The van der Waals surface area contributed by atoms with E-state index >= 15 is 0 Å². The molecule has 2 rings (SSSR count). The van der Waals surface area contributed by atoms with E-state index in [-0.39, 0.29) is 0 Å². The first-order valence-corrected chi connectivity index (χ1v) is 5.86. The molecule has 0 aromatic carbocycles. The zero-order valence-corrected chi connectivity index (χ0v) is 10.4. The Morgan fingerprint density at radius 3 is 2.82 bits per heavy atom. The quantitative estimate of drug-likeness (QED) is 0.832. The Morgan fingerprint density at radius 1 is 1.24 bits per heavy atom. The summed E-state index contributed by atoms with van der Waals surface area (Å²) in [6, 6.07) is 7.87. The SMILES string of the molecule is CN(CCc1ccccn1)c1ccncc1Cl. The van der Waals surface area contributed by atoms with E-state index in [4.69, 9.17) is 11.6 Å². The highest BCUT2D eigenvalue weighted by Gasteiger charge is 2.05. The first-order chi connectivity index (χ1) is 8.27. The predicted octanol–water partition coefficient (Wildman–Crippen LogP) is 2.81. The van der Waals surface area contributed by atoms with Gasteiger partial charge in [0.15, 0.2) is 0 Å². The molecule has 3 nitrogen and oxygen atoms in total. The molecule has 4 heteroatoms. The van der Waals surface area contributed by atoms with Crippen molar-refractivity contribution < 1.29 is 0 Å². The third kappa shape index (κ3) is 3.17. The van der Waals surface area contributed by atoms with Crippen LogP contribution in [0, 0.1) is 0 Å². The molecular weight excluding hydrogens is 234 g/mol. The lowest BCUT2D eigenvalue weighted by molar-refractivity contribution is 0.852. The van der Waals surface area contributed by atoms with Gasteiger partial charge in [-0.1, -0.05) is 17.7 Å². The van der Waals surface area contributed by atoms with Gasteiger partial charge in [-0.25, -0.2) is 0 Å². The highest BCUT2D eigenvalue weighted by atomic mass is 35.5. The Balaban J connectivity index is 1.99. The number of rotatable bonds is 4. The summed E-state index contributed by atoms with van der Waals surface area (Å²) in [7, 11) is 2.02.